The van der Waals surface area contributed by atoms with E-state index in [1.807, 2.05) is 0 Å². The quantitative estimate of drug-likeness (QED) is 0.649. The summed E-state index contributed by atoms with van der Waals surface area (Å²) >= 11 is 1.05. The molecule has 1 aromatic carbocycles. The predicted molar refractivity (Wildman–Crippen MR) is 101 cm³/mol. The molecule has 0 N–H and O–H groups in total. The van der Waals surface area contributed by atoms with E-state index in [4.69, 9.17) is 4.18 Å². The van der Waals surface area contributed by atoms with Gasteiger partial charge in [-0.15, -0.1) is 8.78 Å². The van der Waals surface area contributed by atoms with Gasteiger partial charge in [0.25, 0.3) is 10.1 Å². The average molecular weight is 461 g/mol. The fourth-order valence-corrected chi connectivity index (χ4v) is 4.34. The Bertz CT molecular complexity index is 1150. The van der Waals surface area contributed by atoms with E-state index in [-0.39, 0.29) is 22.9 Å². The van der Waals surface area contributed by atoms with Crippen LogP contribution >= 0.6 is 11.3 Å². The minimum absolute atomic E-state index is 0.119. The van der Waals surface area contributed by atoms with Crippen molar-refractivity contribution < 1.29 is 35.6 Å². The highest BCUT2D eigenvalue weighted by molar-refractivity contribution is 7.85. The molecule has 2 aromatic rings. The van der Waals surface area contributed by atoms with E-state index in [0.29, 0.717) is 23.7 Å². The zero-order chi connectivity index (χ0) is 21.5. The molecule has 0 spiro atoms. The second kappa shape index (κ2) is 7.63. The van der Waals surface area contributed by atoms with Crippen LogP contribution in [0.3, 0.4) is 0 Å². The lowest BCUT2D eigenvalue weighted by Crippen LogP contribution is -2.27. The maximum atomic E-state index is 13.3. The van der Waals surface area contributed by atoms with Crippen LogP contribution in [0, 0.1) is 0 Å². The molecule has 3 heterocycles. The number of urea groups is 1. The highest BCUT2D eigenvalue weighted by atomic mass is 32.2. The largest absolute Gasteiger partial charge is 0.586 e. The van der Waals surface area contributed by atoms with Crippen LogP contribution in [0.5, 0.6) is 11.5 Å². The van der Waals surface area contributed by atoms with E-state index in [9.17, 15) is 22.0 Å². The number of carbonyl (C=O) groups is 1. The lowest BCUT2D eigenvalue weighted by Gasteiger charge is -2.10. The molecule has 0 unspecified atom stereocenters. The lowest BCUT2D eigenvalue weighted by molar-refractivity contribution is -0.286. The summed E-state index contributed by atoms with van der Waals surface area (Å²) in [4.78, 5) is 18.9. The van der Waals surface area contributed by atoms with Crippen molar-refractivity contribution in [3.05, 3.63) is 34.1 Å². The number of thiazole rings is 1. The number of fused-ring (bicyclic) bond motifs is 1. The second-order valence-electron chi connectivity index (χ2n) is 6.70. The zero-order valence-corrected chi connectivity index (χ0v) is 17.3. The van der Waals surface area contributed by atoms with Crippen molar-refractivity contribution in [1.82, 2.24) is 9.47 Å². The number of ether oxygens (including phenoxy) is 2. The van der Waals surface area contributed by atoms with Crippen LogP contribution in [0.25, 0.3) is 5.69 Å². The van der Waals surface area contributed by atoms with Crippen molar-refractivity contribution in [2.75, 3.05) is 19.3 Å². The van der Waals surface area contributed by atoms with Crippen LogP contribution < -0.4 is 14.3 Å². The first kappa shape index (κ1) is 20.8. The summed E-state index contributed by atoms with van der Waals surface area (Å²) < 4.78 is 64.4. The molecule has 1 saturated heterocycles. The molecular weight excluding hydrogens is 444 g/mol. The van der Waals surface area contributed by atoms with E-state index < -0.39 is 22.4 Å². The fourth-order valence-electron chi connectivity index (χ4n) is 3.03. The first-order valence-electron chi connectivity index (χ1n) is 8.89. The van der Waals surface area contributed by atoms with E-state index >= 15 is 0 Å². The van der Waals surface area contributed by atoms with Crippen LogP contribution in [0.1, 0.15) is 17.7 Å². The molecule has 30 heavy (non-hydrogen) atoms. The molecule has 4 rings (SSSR count). The second-order valence-corrected chi connectivity index (χ2v) is 9.44. The third-order valence-corrected chi connectivity index (χ3v) is 5.85. The average Bonchev–Trinajstić information content (AvgIpc) is 3.35. The monoisotopic (exact) mass is 461 g/mol. The number of amides is 2. The minimum Gasteiger partial charge on any atom is -0.395 e. The number of carbonyl (C=O) groups excluding carboxylic acids is 1. The maximum absolute atomic E-state index is 13.3. The molecule has 2 amide bonds. The topological polar surface area (TPSA) is 99.4 Å². The van der Waals surface area contributed by atoms with Crippen LogP contribution in [-0.2, 0) is 20.9 Å². The SMILES string of the molecule is CS(=O)(=O)OCc1cn(-c2ccc3c(c2)OC(F)(F)O3)/c(=N/C(=O)N2CCCC2)s1. The molecule has 1 aromatic heterocycles. The molecule has 2 aliphatic heterocycles. The number of nitrogens with zero attached hydrogens (tertiary/aromatic N) is 3. The van der Waals surface area contributed by atoms with E-state index in [1.165, 1.54) is 29.0 Å². The fraction of sp³-hybridized carbons (Fsp3) is 0.412. The lowest BCUT2D eigenvalue weighted by atomic mass is 10.3. The van der Waals surface area contributed by atoms with Crippen molar-refractivity contribution in [1.29, 1.82) is 0 Å². The first-order valence-corrected chi connectivity index (χ1v) is 11.5. The van der Waals surface area contributed by atoms with E-state index in [1.54, 1.807) is 4.90 Å². The smallest absolute Gasteiger partial charge is 0.395 e. The normalized spacial score (nSPS) is 18.2. The Kier molecular flexibility index (Phi) is 5.28. The molecule has 0 saturated carbocycles. The van der Waals surface area contributed by atoms with Crippen LogP contribution in [0.15, 0.2) is 29.4 Å². The Morgan fingerprint density at radius 3 is 2.67 bits per heavy atom. The highest BCUT2D eigenvalue weighted by Crippen LogP contribution is 2.41. The third kappa shape index (κ3) is 4.63. The summed E-state index contributed by atoms with van der Waals surface area (Å²) in [5.41, 5.74) is 0.380. The van der Waals surface area contributed by atoms with Gasteiger partial charge in [-0.1, -0.05) is 11.3 Å². The molecule has 162 valence electrons. The van der Waals surface area contributed by atoms with Gasteiger partial charge in [0, 0.05) is 25.4 Å². The highest BCUT2D eigenvalue weighted by Gasteiger charge is 2.43. The standard InChI is InChI=1S/C17H17F2N3O6S2/c1-30(24,25)26-10-12-9-22(16(29-12)20-15(23)21-6-2-3-7-21)11-4-5-13-14(8-11)28-17(18,19)27-13/h4-5,8-9H,2-3,6-7,10H2,1H3/b20-16-. The zero-order valence-electron chi connectivity index (χ0n) is 15.7. The molecule has 2 aliphatic rings. The van der Waals surface area contributed by atoms with Gasteiger partial charge in [0.2, 0.25) is 0 Å². The van der Waals surface area contributed by atoms with Gasteiger partial charge >= 0.3 is 12.3 Å². The molecule has 0 aliphatic carbocycles. The van der Waals surface area contributed by atoms with Gasteiger partial charge in [-0.05, 0) is 25.0 Å². The van der Waals surface area contributed by atoms with Crippen molar-refractivity contribution in [3.63, 3.8) is 0 Å². The molecule has 0 atom stereocenters. The summed E-state index contributed by atoms with van der Waals surface area (Å²) in [6, 6.07) is 3.71. The summed E-state index contributed by atoms with van der Waals surface area (Å²) in [7, 11) is -3.68. The number of hydrogen-bond acceptors (Lipinski definition) is 7. The molecular formula is C17H17F2N3O6S2. The van der Waals surface area contributed by atoms with Gasteiger partial charge < -0.3 is 14.4 Å². The van der Waals surface area contributed by atoms with Gasteiger partial charge in [-0.3, -0.25) is 8.75 Å². The Hall–Kier alpha value is -2.51. The summed E-state index contributed by atoms with van der Waals surface area (Å²) in [5, 5.41) is 0. The van der Waals surface area contributed by atoms with Gasteiger partial charge in [0.15, 0.2) is 16.3 Å². The molecule has 0 radical (unpaired) electrons. The van der Waals surface area contributed by atoms with E-state index in [2.05, 4.69) is 14.5 Å². The van der Waals surface area contributed by atoms with Crippen molar-refractivity contribution in [2.24, 2.45) is 4.99 Å². The maximum Gasteiger partial charge on any atom is 0.586 e. The molecule has 13 heteroatoms. The number of rotatable bonds is 4. The van der Waals surface area contributed by atoms with Crippen molar-refractivity contribution >= 4 is 27.5 Å². The number of likely N-dealkylation sites (tertiary alicyclic amines) is 1. The predicted octanol–water partition coefficient (Wildman–Crippen LogP) is 2.45. The van der Waals surface area contributed by atoms with Crippen LogP contribution in [0.2, 0.25) is 0 Å². The van der Waals surface area contributed by atoms with E-state index in [0.717, 1.165) is 30.4 Å². The Labute approximate surface area is 174 Å². The minimum atomic E-state index is -3.76. The number of halogens is 2. The summed E-state index contributed by atoms with van der Waals surface area (Å²) in [6.45, 7) is 0.966. The Morgan fingerprint density at radius 1 is 1.27 bits per heavy atom. The Morgan fingerprint density at radius 2 is 1.97 bits per heavy atom. The van der Waals surface area contributed by atoms with Crippen LogP contribution in [0.4, 0.5) is 13.6 Å². The number of alkyl halides is 2. The molecule has 0 bridgehead atoms. The van der Waals surface area contributed by atoms with Gasteiger partial charge in [0.05, 0.1) is 16.8 Å². The number of benzene rings is 1. The first-order chi connectivity index (χ1) is 14.1. The van der Waals surface area contributed by atoms with Crippen molar-refractivity contribution in [2.45, 2.75) is 25.7 Å². The number of hydrogen-bond donors (Lipinski definition) is 0. The van der Waals surface area contributed by atoms with Crippen LogP contribution in [-0.4, -0.2) is 49.6 Å². The number of aromatic nitrogens is 1. The molecule has 1 fully saturated rings. The van der Waals surface area contributed by atoms with Gasteiger partial charge in [-0.2, -0.15) is 13.4 Å². The van der Waals surface area contributed by atoms with Gasteiger partial charge in [-0.25, -0.2) is 4.79 Å². The summed E-state index contributed by atoms with van der Waals surface area (Å²) in [5.74, 6) is -0.284. The van der Waals surface area contributed by atoms with Crippen molar-refractivity contribution in [3.8, 4) is 17.2 Å². The molecule has 9 nitrogen and oxygen atoms in total. The van der Waals surface area contributed by atoms with Gasteiger partial charge in [0.1, 0.15) is 6.61 Å². The Balaban J connectivity index is 1.72. The summed E-state index contributed by atoms with van der Waals surface area (Å²) in [6.07, 6.45) is 0.495. The third-order valence-electron chi connectivity index (χ3n) is 4.35.